The molecule has 1 saturated heterocycles. The molecule has 0 bridgehead atoms. The van der Waals surface area contributed by atoms with Gasteiger partial charge in [0.2, 0.25) is 0 Å². The van der Waals surface area contributed by atoms with Crippen LogP contribution in [0.4, 0.5) is 0 Å². The van der Waals surface area contributed by atoms with Crippen LogP contribution in [0.5, 0.6) is 0 Å². The molecule has 1 aromatic rings. The van der Waals surface area contributed by atoms with Crippen LogP contribution in [-0.2, 0) is 6.54 Å². The molecule has 4 nitrogen and oxygen atoms in total. The van der Waals surface area contributed by atoms with E-state index in [1.807, 2.05) is 13.0 Å². The Balaban J connectivity index is 2.00. The molecule has 0 unspecified atom stereocenters. The highest BCUT2D eigenvalue weighted by molar-refractivity contribution is 5.87. The predicted molar refractivity (Wildman–Crippen MR) is 80.1 cm³/mol. The number of hydrogen-bond acceptors (Lipinski definition) is 3. The van der Waals surface area contributed by atoms with E-state index in [9.17, 15) is 4.79 Å². The molecule has 1 aliphatic heterocycles. The van der Waals surface area contributed by atoms with Gasteiger partial charge in [0.05, 0.1) is 5.56 Å². The van der Waals surface area contributed by atoms with Gasteiger partial charge in [-0.15, -0.1) is 0 Å². The maximum Gasteiger partial charge on any atom is 0.335 e. The zero-order chi connectivity index (χ0) is 14.7. The van der Waals surface area contributed by atoms with Crippen molar-refractivity contribution < 1.29 is 9.90 Å². The van der Waals surface area contributed by atoms with E-state index in [4.69, 9.17) is 5.11 Å². The summed E-state index contributed by atoms with van der Waals surface area (Å²) in [4.78, 5) is 15.7. The highest BCUT2D eigenvalue weighted by Gasteiger charge is 2.20. The molecule has 0 atom stereocenters. The Labute approximate surface area is 121 Å². The Kier molecular flexibility index (Phi) is 4.78. The number of piperidine rings is 1. The number of benzene rings is 1. The van der Waals surface area contributed by atoms with Crippen molar-refractivity contribution in [3.8, 4) is 0 Å². The van der Waals surface area contributed by atoms with Gasteiger partial charge in [-0.1, -0.05) is 6.07 Å². The molecule has 20 heavy (non-hydrogen) atoms. The molecule has 2 rings (SSSR count). The topological polar surface area (TPSA) is 43.8 Å². The van der Waals surface area contributed by atoms with Gasteiger partial charge in [0.1, 0.15) is 0 Å². The van der Waals surface area contributed by atoms with Gasteiger partial charge in [-0.05, 0) is 70.2 Å². The summed E-state index contributed by atoms with van der Waals surface area (Å²) in [7, 11) is 4.34. The molecule has 0 aromatic heterocycles. The molecule has 1 aliphatic rings. The standard InChI is InChI=1S/C16H24N2O2/c1-12-10-13(16(19)20)4-5-14(12)11-18(3)15-6-8-17(2)9-7-15/h4-5,10,15H,6-9,11H2,1-3H3,(H,19,20). The smallest absolute Gasteiger partial charge is 0.335 e. The first kappa shape index (κ1) is 15.0. The van der Waals surface area contributed by atoms with E-state index >= 15 is 0 Å². The lowest BCUT2D eigenvalue weighted by Crippen LogP contribution is -2.41. The highest BCUT2D eigenvalue weighted by atomic mass is 16.4. The van der Waals surface area contributed by atoms with Crippen LogP contribution in [0.2, 0.25) is 0 Å². The van der Waals surface area contributed by atoms with Crippen molar-refractivity contribution in [2.24, 2.45) is 0 Å². The van der Waals surface area contributed by atoms with E-state index in [-0.39, 0.29) is 0 Å². The van der Waals surface area contributed by atoms with Gasteiger partial charge in [-0.25, -0.2) is 4.79 Å². The summed E-state index contributed by atoms with van der Waals surface area (Å²) in [6.07, 6.45) is 2.42. The van der Waals surface area contributed by atoms with E-state index in [0.29, 0.717) is 11.6 Å². The Hall–Kier alpha value is -1.39. The molecule has 1 N–H and O–H groups in total. The fraction of sp³-hybridized carbons (Fsp3) is 0.562. The summed E-state index contributed by atoms with van der Waals surface area (Å²) in [5.41, 5.74) is 2.65. The average Bonchev–Trinajstić information content (AvgIpc) is 2.41. The number of nitrogens with zero attached hydrogens (tertiary/aromatic N) is 2. The van der Waals surface area contributed by atoms with Crippen LogP contribution in [0.25, 0.3) is 0 Å². The maximum atomic E-state index is 10.9. The van der Waals surface area contributed by atoms with Crippen molar-refractivity contribution in [2.45, 2.75) is 32.4 Å². The Morgan fingerprint density at radius 2 is 2.05 bits per heavy atom. The minimum Gasteiger partial charge on any atom is -0.478 e. The van der Waals surface area contributed by atoms with Crippen molar-refractivity contribution in [1.29, 1.82) is 0 Å². The normalized spacial score (nSPS) is 17.6. The molecule has 4 heteroatoms. The predicted octanol–water partition coefficient (Wildman–Crippen LogP) is 2.22. The van der Waals surface area contributed by atoms with Crippen LogP contribution < -0.4 is 0 Å². The quantitative estimate of drug-likeness (QED) is 0.916. The number of carboxylic acid groups (broad SMARTS) is 1. The zero-order valence-electron chi connectivity index (χ0n) is 12.6. The molecular weight excluding hydrogens is 252 g/mol. The van der Waals surface area contributed by atoms with Crippen LogP contribution in [0.1, 0.15) is 34.3 Å². The van der Waals surface area contributed by atoms with Crippen LogP contribution in [-0.4, -0.2) is 54.1 Å². The number of carbonyl (C=O) groups is 1. The SMILES string of the molecule is Cc1cc(C(=O)O)ccc1CN(C)C1CCN(C)CC1. The van der Waals surface area contributed by atoms with Crippen molar-refractivity contribution in [3.63, 3.8) is 0 Å². The maximum absolute atomic E-state index is 10.9. The average molecular weight is 276 g/mol. The first-order valence-electron chi connectivity index (χ1n) is 7.19. The second-order valence-electron chi connectivity index (χ2n) is 5.90. The molecule has 0 amide bonds. The third kappa shape index (κ3) is 3.58. The lowest BCUT2D eigenvalue weighted by Gasteiger charge is -2.35. The molecular formula is C16H24N2O2. The summed E-state index contributed by atoms with van der Waals surface area (Å²) in [6, 6.07) is 6.04. The summed E-state index contributed by atoms with van der Waals surface area (Å²) in [5.74, 6) is -0.858. The van der Waals surface area contributed by atoms with Crippen molar-refractivity contribution in [3.05, 3.63) is 34.9 Å². The van der Waals surface area contributed by atoms with E-state index in [0.717, 1.165) is 25.2 Å². The summed E-state index contributed by atoms with van der Waals surface area (Å²) < 4.78 is 0. The highest BCUT2D eigenvalue weighted by Crippen LogP contribution is 2.19. The van der Waals surface area contributed by atoms with Crippen LogP contribution in [0, 0.1) is 6.92 Å². The van der Waals surface area contributed by atoms with E-state index < -0.39 is 5.97 Å². The minimum atomic E-state index is -0.858. The largest absolute Gasteiger partial charge is 0.478 e. The molecule has 1 fully saturated rings. The minimum absolute atomic E-state index is 0.369. The van der Waals surface area contributed by atoms with Crippen LogP contribution >= 0.6 is 0 Å². The Morgan fingerprint density at radius 3 is 2.60 bits per heavy atom. The van der Waals surface area contributed by atoms with Crippen molar-refractivity contribution in [2.75, 3.05) is 27.2 Å². The Morgan fingerprint density at radius 1 is 1.40 bits per heavy atom. The number of hydrogen-bond donors (Lipinski definition) is 1. The molecule has 1 aromatic carbocycles. The summed E-state index contributed by atoms with van der Waals surface area (Å²) in [6.45, 7) is 5.20. The second-order valence-corrected chi connectivity index (χ2v) is 5.90. The lowest BCUT2D eigenvalue weighted by molar-refractivity contribution is 0.0696. The van der Waals surface area contributed by atoms with E-state index in [1.54, 1.807) is 12.1 Å². The van der Waals surface area contributed by atoms with Crippen molar-refractivity contribution >= 4 is 5.97 Å². The molecule has 0 saturated carbocycles. The molecule has 0 aliphatic carbocycles. The molecule has 110 valence electrons. The third-order valence-corrected chi connectivity index (χ3v) is 4.32. The molecule has 0 spiro atoms. The monoisotopic (exact) mass is 276 g/mol. The fourth-order valence-corrected chi connectivity index (χ4v) is 2.84. The van der Waals surface area contributed by atoms with Crippen LogP contribution in [0.3, 0.4) is 0 Å². The van der Waals surface area contributed by atoms with Gasteiger partial charge in [0, 0.05) is 12.6 Å². The van der Waals surface area contributed by atoms with Gasteiger partial charge in [-0.2, -0.15) is 0 Å². The number of carboxylic acids is 1. The molecule has 1 heterocycles. The number of aryl methyl sites for hydroxylation is 1. The van der Waals surface area contributed by atoms with E-state index in [1.165, 1.54) is 18.4 Å². The van der Waals surface area contributed by atoms with Crippen molar-refractivity contribution in [1.82, 2.24) is 9.80 Å². The van der Waals surface area contributed by atoms with Gasteiger partial charge >= 0.3 is 5.97 Å². The van der Waals surface area contributed by atoms with Gasteiger partial charge < -0.3 is 10.0 Å². The second kappa shape index (κ2) is 6.37. The zero-order valence-corrected chi connectivity index (χ0v) is 12.6. The first-order valence-corrected chi connectivity index (χ1v) is 7.19. The van der Waals surface area contributed by atoms with Gasteiger partial charge in [0.15, 0.2) is 0 Å². The summed E-state index contributed by atoms with van der Waals surface area (Å²) in [5, 5.41) is 9.00. The number of rotatable bonds is 4. The fourth-order valence-electron chi connectivity index (χ4n) is 2.84. The van der Waals surface area contributed by atoms with Crippen LogP contribution in [0.15, 0.2) is 18.2 Å². The number of aromatic carboxylic acids is 1. The van der Waals surface area contributed by atoms with Gasteiger partial charge in [-0.3, -0.25) is 4.90 Å². The third-order valence-electron chi connectivity index (χ3n) is 4.32. The Bertz CT molecular complexity index is 479. The first-order chi connectivity index (χ1) is 9.47. The number of likely N-dealkylation sites (tertiary alicyclic amines) is 1. The lowest BCUT2D eigenvalue weighted by atomic mass is 10.0. The van der Waals surface area contributed by atoms with Gasteiger partial charge in [0.25, 0.3) is 0 Å². The molecule has 0 radical (unpaired) electrons. The van der Waals surface area contributed by atoms with E-state index in [2.05, 4.69) is 23.9 Å². The summed E-state index contributed by atoms with van der Waals surface area (Å²) >= 11 is 0.